The van der Waals surface area contributed by atoms with E-state index in [0.717, 1.165) is 18.8 Å². The summed E-state index contributed by atoms with van der Waals surface area (Å²) in [7, 11) is 1.70. The molecule has 2 rings (SSSR count). The van der Waals surface area contributed by atoms with Gasteiger partial charge in [0.2, 0.25) is 0 Å². The summed E-state index contributed by atoms with van der Waals surface area (Å²) in [5.74, 6) is 1.31. The fourth-order valence-electron chi connectivity index (χ4n) is 2.37. The van der Waals surface area contributed by atoms with Crippen molar-refractivity contribution in [1.29, 1.82) is 0 Å². The Morgan fingerprint density at radius 2 is 1.88 bits per heavy atom. The highest BCUT2D eigenvalue weighted by atomic mass is 16.5. The number of likely N-dealkylation sites (tertiary alicyclic amines) is 1. The molecule has 1 aromatic rings. The molecule has 0 unspecified atom stereocenters. The second-order valence-corrected chi connectivity index (χ2v) is 4.49. The Hall–Kier alpha value is -1.35. The predicted octanol–water partition coefficient (Wildman–Crippen LogP) is 2.42. The molecule has 0 amide bonds. The summed E-state index contributed by atoms with van der Waals surface area (Å²) in [5, 5.41) is 0. The van der Waals surface area contributed by atoms with Gasteiger partial charge in [-0.2, -0.15) is 0 Å². The molecule has 1 aromatic carbocycles. The van der Waals surface area contributed by atoms with Gasteiger partial charge < -0.3 is 4.74 Å². The lowest BCUT2D eigenvalue weighted by Crippen LogP contribution is -2.35. The van der Waals surface area contributed by atoms with E-state index >= 15 is 0 Å². The van der Waals surface area contributed by atoms with E-state index in [-0.39, 0.29) is 0 Å². The van der Waals surface area contributed by atoms with Crippen molar-refractivity contribution < 1.29 is 9.53 Å². The monoisotopic (exact) mass is 233 g/mol. The van der Waals surface area contributed by atoms with E-state index in [0.29, 0.717) is 24.7 Å². The molecular formula is C14H19NO2. The second kappa shape index (κ2) is 5.32. The van der Waals surface area contributed by atoms with E-state index in [9.17, 15) is 4.79 Å². The number of piperidine rings is 1. The molecule has 0 aromatic heterocycles. The average Bonchev–Trinajstić information content (AvgIpc) is 2.39. The van der Waals surface area contributed by atoms with Gasteiger partial charge in [-0.05, 0) is 13.0 Å². The summed E-state index contributed by atoms with van der Waals surface area (Å²) in [4.78, 5) is 13.6. The molecular weight excluding hydrogens is 214 g/mol. The quantitative estimate of drug-likeness (QED) is 0.803. The fraction of sp³-hybridized carbons (Fsp3) is 0.500. The van der Waals surface area contributed by atoms with Crippen LogP contribution < -0.4 is 4.74 Å². The highest BCUT2D eigenvalue weighted by molar-refractivity contribution is 5.79. The predicted molar refractivity (Wildman–Crippen MR) is 67.2 cm³/mol. The Balaban J connectivity index is 2.13. The van der Waals surface area contributed by atoms with E-state index in [1.807, 2.05) is 18.2 Å². The summed E-state index contributed by atoms with van der Waals surface area (Å²) >= 11 is 0. The number of rotatable bonds is 3. The Labute approximate surface area is 102 Å². The third-order valence-corrected chi connectivity index (χ3v) is 3.49. The third-order valence-electron chi connectivity index (χ3n) is 3.49. The van der Waals surface area contributed by atoms with Crippen LogP contribution >= 0.6 is 0 Å². The van der Waals surface area contributed by atoms with Crippen LogP contribution in [0, 0.1) is 0 Å². The Bertz CT molecular complexity index is 393. The van der Waals surface area contributed by atoms with Crippen LogP contribution in [0.2, 0.25) is 0 Å². The lowest BCUT2D eigenvalue weighted by molar-refractivity contribution is -0.121. The van der Waals surface area contributed by atoms with Crippen LogP contribution in [0.1, 0.15) is 31.4 Å². The molecule has 1 aliphatic heterocycles. The topological polar surface area (TPSA) is 29.5 Å². The first-order valence-electron chi connectivity index (χ1n) is 6.11. The van der Waals surface area contributed by atoms with Crippen LogP contribution in [-0.4, -0.2) is 30.9 Å². The van der Waals surface area contributed by atoms with Gasteiger partial charge >= 0.3 is 0 Å². The maximum absolute atomic E-state index is 11.2. The molecule has 0 radical (unpaired) electrons. The number of hydrogen-bond donors (Lipinski definition) is 0. The zero-order valence-electron chi connectivity index (χ0n) is 10.5. The number of hydrogen-bond acceptors (Lipinski definition) is 3. The lowest BCUT2D eigenvalue weighted by atomic mass is 10.0. The number of para-hydroxylation sites is 1. The largest absolute Gasteiger partial charge is 0.496 e. The minimum absolute atomic E-state index is 0.305. The molecule has 1 saturated heterocycles. The fourth-order valence-corrected chi connectivity index (χ4v) is 2.37. The van der Waals surface area contributed by atoms with Gasteiger partial charge in [-0.3, -0.25) is 9.69 Å². The van der Waals surface area contributed by atoms with Crippen LogP contribution in [0.15, 0.2) is 24.3 Å². The zero-order valence-corrected chi connectivity index (χ0v) is 10.5. The van der Waals surface area contributed by atoms with Crippen molar-refractivity contribution in [2.45, 2.75) is 25.8 Å². The number of carbonyl (C=O) groups excluding carboxylic acids is 1. The molecule has 0 spiro atoms. The van der Waals surface area contributed by atoms with Gasteiger partial charge in [-0.25, -0.2) is 0 Å². The molecule has 92 valence electrons. The van der Waals surface area contributed by atoms with E-state index in [2.05, 4.69) is 17.9 Å². The first kappa shape index (κ1) is 12.1. The maximum Gasteiger partial charge on any atom is 0.135 e. The average molecular weight is 233 g/mol. The number of benzene rings is 1. The van der Waals surface area contributed by atoms with Gasteiger partial charge in [0.25, 0.3) is 0 Å². The van der Waals surface area contributed by atoms with Crippen LogP contribution in [0.4, 0.5) is 0 Å². The van der Waals surface area contributed by atoms with Crippen LogP contribution in [-0.2, 0) is 4.79 Å². The van der Waals surface area contributed by atoms with Crippen LogP contribution in [0.5, 0.6) is 5.75 Å². The smallest absolute Gasteiger partial charge is 0.135 e. The molecule has 1 aliphatic rings. The highest BCUT2D eigenvalue weighted by Crippen LogP contribution is 2.30. The van der Waals surface area contributed by atoms with E-state index in [1.165, 1.54) is 5.56 Å². The summed E-state index contributed by atoms with van der Waals surface area (Å²) in [6.07, 6.45) is 1.36. The van der Waals surface area contributed by atoms with Crippen molar-refractivity contribution in [2.75, 3.05) is 20.2 Å². The number of nitrogens with zero attached hydrogens (tertiary/aromatic N) is 1. The Morgan fingerprint density at radius 1 is 1.24 bits per heavy atom. The minimum Gasteiger partial charge on any atom is -0.496 e. The number of Topliss-reactive ketones (excluding diaryl/α,β-unsaturated/α-hetero) is 1. The zero-order chi connectivity index (χ0) is 12.3. The number of methoxy groups -OCH3 is 1. The van der Waals surface area contributed by atoms with E-state index in [1.54, 1.807) is 7.11 Å². The van der Waals surface area contributed by atoms with Crippen LogP contribution in [0.3, 0.4) is 0 Å². The maximum atomic E-state index is 11.2. The first-order valence-corrected chi connectivity index (χ1v) is 6.11. The Kier molecular flexibility index (Phi) is 3.79. The molecule has 1 heterocycles. The van der Waals surface area contributed by atoms with Crippen molar-refractivity contribution in [3.63, 3.8) is 0 Å². The molecule has 0 N–H and O–H groups in total. The molecule has 0 bridgehead atoms. The van der Waals surface area contributed by atoms with Gasteiger partial charge in [0, 0.05) is 37.5 Å². The number of ether oxygens (including phenoxy) is 1. The number of ketones is 1. The summed E-state index contributed by atoms with van der Waals surface area (Å²) in [6, 6.07) is 8.40. The van der Waals surface area contributed by atoms with Gasteiger partial charge in [-0.1, -0.05) is 18.2 Å². The summed E-state index contributed by atoms with van der Waals surface area (Å²) < 4.78 is 5.38. The minimum atomic E-state index is 0.305. The van der Waals surface area contributed by atoms with Gasteiger partial charge in [-0.15, -0.1) is 0 Å². The molecule has 1 atom stereocenters. The van der Waals surface area contributed by atoms with Crippen LogP contribution in [0.25, 0.3) is 0 Å². The Morgan fingerprint density at radius 3 is 2.53 bits per heavy atom. The van der Waals surface area contributed by atoms with Crippen molar-refractivity contribution >= 4 is 5.78 Å². The molecule has 0 aliphatic carbocycles. The standard InChI is InChI=1S/C14H19NO2/c1-11(15-9-7-12(16)8-10-15)13-5-3-4-6-14(13)17-2/h3-6,11H,7-10H2,1-2H3/t11-/m0/s1. The van der Waals surface area contributed by atoms with Gasteiger partial charge in [0.05, 0.1) is 7.11 Å². The summed E-state index contributed by atoms with van der Waals surface area (Å²) in [6.45, 7) is 3.89. The number of carbonyl (C=O) groups is 1. The highest BCUT2D eigenvalue weighted by Gasteiger charge is 2.23. The van der Waals surface area contributed by atoms with E-state index in [4.69, 9.17) is 4.74 Å². The van der Waals surface area contributed by atoms with Crippen molar-refractivity contribution in [3.05, 3.63) is 29.8 Å². The molecule has 3 heteroatoms. The molecule has 0 saturated carbocycles. The third kappa shape index (κ3) is 2.67. The van der Waals surface area contributed by atoms with Gasteiger partial charge in [0.1, 0.15) is 11.5 Å². The molecule has 1 fully saturated rings. The lowest BCUT2D eigenvalue weighted by Gasteiger charge is -2.32. The molecule has 17 heavy (non-hydrogen) atoms. The first-order chi connectivity index (χ1) is 8.22. The molecule has 3 nitrogen and oxygen atoms in total. The summed E-state index contributed by atoms with van der Waals surface area (Å²) in [5.41, 5.74) is 1.20. The normalized spacial score (nSPS) is 19.1. The van der Waals surface area contributed by atoms with Gasteiger partial charge in [0.15, 0.2) is 0 Å². The van der Waals surface area contributed by atoms with Crippen molar-refractivity contribution in [1.82, 2.24) is 4.90 Å². The second-order valence-electron chi connectivity index (χ2n) is 4.49. The van der Waals surface area contributed by atoms with Crippen molar-refractivity contribution in [3.8, 4) is 5.75 Å². The van der Waals surface area contributed by atoms with E-state index < -0.39 is 0 Å². The van der Waals surface area contributed by atoms with Crippen molar-refractivity contribution in [2.24, 2.45) is 0 Å². The SMILES string of the molecule is COc1ccccc1[C@H](C)N1CCC(=O)CC1.